The number of carbonyl (C=O) groups is 1. The van der Waals surface area contributed by atoms with E-state index in [2.05, 4.69) is 10.3 Å². The van der Waals surface area contributed by atoms with Crippen molar-refractivity contribution in [1.29, 1.82) is 0 Å². The number of rotatable bonds is 3. The molecule has 0 aliphatic heterocycles. The van der Waals surface area contributed by atoms with Gasteiger partial charge in [-0.3, -0.25) is 10.1 Å². The summed E-state index contributed by atoms with van der Waals surface area (Å²) in [4.78, 5) is 17.5. The SMILES string of the molecule is Cc1sc(NC(=O)c2cccc(F)c2)nc1-c1ccc(Cl)c(Cl)c1. The Morgan fingerprint density at radius 3 is 2.67 bits per heavy atom. The van der Waals surface area contributed by atoms with Crippen molar-refractivity contribution in [3.8, 4) is 11.3 Å². The maximum atomic E-state index is 13.2. The molecule has 24 heavy (non-hydrogen) atoms. The van der Waals surface area contributed by atoms with E-state index in [-0.39, 0.29) is 5.56 Å². The summed E-state index contributed by atoms with van der Waals surface area (Å²) in [6.45, 7) is 1.90. The Balaban J connectivity index is 1.86. The van der Waals surface area contributed by atoms with Gasteiger partial charge < -0.3 is 0 Å². The van der Waals surface area contributed by atoms with Crippen LogP contribution in [0.25, 0.3) is 11.3 Å². The molecule has 1 aromatic heterocycles. The maximum absolute atomic E-state index is 13.2. The van der Waals surface area contributed by atoms with Crippen molar-refractivity contribution >= 4 is 45.6 Å². The highest BCUT2D eigenvalue weighted by Crippen LogP contribution is 2.33. The Labute approximate surface area is 152 Å². The lowest BCUT2D eigenvalue weighted by molar-refractivity contribution is 0.102. The molecule has 7 heteroatoms. The molecule has 1 heterocycles. The molecule has 0 unspecified atom stereocenters. The van der Waals surface area contributed by atoms with Gasteiger partial charge in [-0.1, -0.05) is 35.3 Å². The summed E-state index contributed by atoms with van der Waals surface area (Å²) in [5, 5.41) is 4.02. The smallest absolute Gasteiger partial charge is 0.257 e. The molecule has 2 aromatic carbocycles. The van der Waals surface area contributed by atoms with Gasteiger partial charge in [-0.2, -0.15) is 0 Å². The average Bonchev–Trinajstić information content (AvgIpc) is 2.90. The largest absolute Gasteiger partial charge is 0.298 e. The second-order valence-corrected chi connectivity index (χ2v) is 7.03. The van der Waals surface area contributed by atoms with Crippen molar-refractivity contribution in [1.82, 2.24) is 4.98 Å². The molecule has 0 saturated carbocycles. The normalized spacial score (nSPS) is 10.7. The maximum Gasteiger partial charge on any atom is 0.257 e. The van der Waals surface area contributed by atoms with Crippen molar-refractivity contribution in [3.05, 3.63) is 68.8 Å². The molecular weight excluding hydrogens is 370 g/mol. The molecule has 0 bridgehead atoms. The fourth-order valence-corrected chi connectivity index (χ4v) is 3.29. The predicted octanol–water partition coefficient (Wildman–Crippen LogP) is 5.82. The highest BCUT2D eigenvalue weighted by atomic mass is 35.5. The number of carbonyl (C=O) groups excluding carboxylic acids is 1. The quantitative estimate of drug-likeness (QED) is 0.622. The van der Waals surface area contributed by atoms with Gasteiger partial charge in [-0.25, -0.2) is 9.37 Å². The van der Waals surface area contributed by atoms with E-state index in [0.29, 0.717) is 20.9 Å². The van der Waals surface area contributed by atoms with Gasteiger partial charge in [-0.15, -0.1) is 11.3 Å². The number of aryl methyl sites for hydroxylation is 1. The van der Waals surface area contributed by atoms with Crippen molar-refractivity contribution in [2.75, 3.05) is 5.32 Å². The highest BCUT2D eigenvalue weighted by molar-refractivity contribution is 7.16. The molecule has 0 radical (unpaired) electrons. The molecular formula is C17H11Cl2FN2OS. The van der Waals surface area contributed by atoms with Gasteiger partial charge in [0.25, 0.3) is 5.91 Å². The molecule has 122 valence electrons. The molecule has 3 rings (SSSR count). The summed E-state index contributed by atoms with van der Waals surface area (Å²) >= 11 is 13.3. The molecule has 3 aromatic rings. The van der Waals surface area contributed by atoms with Gasteiger partial charge in [0.1, 0.15) is 5.82 Å². The number of benzene rings is 2. The van der Waals surface area contributed by atoms with Crippen LogP contribution >= 0.6 is 34.5 Å². The first-order valence-electron chi connectivity index (χ1n) is 6.94. The zero-order valence-electron chi connectivity index (χ0n) is 12.4. The molecule has 0 aliphatic carbocycles. The average molecular weight is 381 g/mol. The van der Waals surface area contributed by atoms with Gasteiger partial charge >= 0.3 is 0 Å². The number of anilines is 1. The molecule has 0 aliphatic rings. The van der Waals surface area contributed by atoms with E-state index in [0.717, 1.165) is 10.4 Å². The van der Waals surface area contributed by atoms with E-state index in [1.165, 1.54) is 29.5 Å². The molecule has 0 spiro atoms. The third kappa shape index (κ3) is 3.59. The Kier molecular flexibility index (Phi) is 4.85. The first-order valence-corrected chi connectivity index (χ1v) is 8.51. The van der Waals surface area contributed by atoms with Gasteiger partial charge in [-0.05, 0) is 37.3 Å². The molecule has 0 fully saturated rings. The highest BCUT2D eigenvalue weighted by Gasteiger charge is 2.14. The van der Waals surface area contributed by atoms with Crippen LogP contribution in [-0.2, 0) is 0 Å². The van der Waals surface area contributed by atoms with E-state index in [4.69, 9.17) is 23.2 Å². The van der Waals surface area contributed by atoms with E-state index < -0.39 is 11.7 Å². The molecule has 3 nitrogen and oxygen atoms in total. The first kappa shape index (κ1) is 16.9. The van der Waals surface area contributed by atoms with E-state index in [1.807, 2.05) is 13.0 Å². The van der Waals surface area contributed by atoms with Crippen LogP contribution in [0.5, 0.6) is 0 Å². The third-order valence-corrected chi connectivity index (χ3v) is 4.92. The summed E-state index contributed by atoms with van der Waals surface area (Å²) in [7, 11) is 0. The van der Waals surface area contributed by atoms with Gasteiger partial charge in [0.2, 0.25) is 0 Å². The van der Waals surface area contributed by atoms with Crippen LogP contribution < -0.4 is 5.32 Å². The Morgan fingerprint density at radius 1 is 1.17 bits per heavy atom. The van der Waals surface area contributed by atoms with Crippen molar-refractivity contribution in [3.63, 3.8) is 0 Å². The van der Waals surface area contributed by atoms with Crippen LogP contribution in [-0.4, -0.2) is 10.9 Å². The van der Waals surface area contributed by atoms with Crippen LogP contribution in [0.3, 0.4) is 0 Å². The van der Waals surface area contributed by atoms with Crippen LogP contribution in [0.1, 0.15) is 15.2 Å². The summed E-state index contributed by atoms with van der Waals surface area (Å²) in [6.07, 6.45) is 0. The topological polar surface area (TPSA) is 42.0 Å². The lowest BCUT2D eigenvalue weighted by atomic mass is 10.1. The fourth-order valence-electron chi connectivity index (χ4n) is 2.16. The van der Waals surface area contributed by atoms with Crippen molar-refractivity contribution < 1.29 is 9.18 Å². The number of amides is 1. The predicted molar refractivity (Wildman–Crippen MR) is 96.7 cm³/mol. The van der Waals surface area contributed by atoms with Crippen LogP contribution in [0.4, 0.5) is 9.52 Å². The standard InChI is InChI=1S/C17H11Cl2FN2OS/c1-9-15(10-5-6-13(18)14(19)8-10)21-17(24-9)22-16(23)11-3-2-4-12(20)7-11/h2-8H,1H3,(H,21,22,23). The Hall–Kier alpha value is -1.95. The molecule has 1 amide bonds. The Morgan fingerprint density at radius 2 is 1.96 bits per heavy atom. The summed E-state index contributed by atoms with van der Waals surface area (Å²) in [5.74, 6) is -0.876. The first-order chi connectivity index (χ1) is 11.4. The second kappa shape index (κ2) is 6.89. The van der Waals surface area contributed by atoms with Gasteiger partial charge in [0.15, 0.2) is 5.13 Å². The zero-order valence-corrected chi connectivity index (χ0v) is 14.8. The van der Waals surface area contributed by atoms with Crippen molar-refractivity contribution in [2.24, 2.45) is 0 Å². The summed E-state index contributed by atoms with van der Waals surface area (Å²) in [6, 6.07) is 10.7. The van der Waals surface area contributed by atoms with E-state index >= 15 is 0 Å². The van der Waals surface area contributed by atoms with E-state index in [1.54, 1.807) is 18.2 Å². The zero-order chi connectivity index (χ0) is 17.3. The number of hydrogen-bond donors (Lipinski definition) is 1. The second-order valence-electron chi connectivity index (χ2n) is 5.02. The number of nitrogens with zero attached hydrogens (tertiary/aromatic N) is 1. The fraction of sp³-hybridized carbons (Fsp3) is 0.0588. The Bertz CT molecular complexity index is 927. The minimum atomic E-state index is -0.463. The number of thiazole rings is 1. The number of aromatic nitrogens is 1. The lowest BCUT2D eigenvalue weighted by Gasteiger charge is -2.02. The van der Waals surface area contributed by atoms with Crippen molar-refractivity contribution in [2.45, 2.75) is 6.92 Å². The third-order valence-electron chi connectivity index (χ3n) is 3.30. The van der Waals surface area contributed by atoms with Crippen LogP contribution in [0.15, 0.2) is 42.5 Å². The minimum absolute atomic E-state index is 0.235. The van der Waals surface area contributed by atoms with Gasteiger partial charge in [0.05, 0.1) is 15.7 Å². The monoisotopic (exact) mass is 380 g/mol. The molecule has 1 N–H and O–H groups in total. The van der Waals surface area contributed by atoms with Crippen LogP contribution in [0, 0.1) is 12.7 Å². The van der Waals surface area contributed by atoms with Gasteiger partial charge in [0, 0.05) is 16.0 Å². The summed E-state index contributed by atoms with van der Waals surface area (Å²) < 4.78 is 13.2. The molecule has 0 saturated heterocycles. The number of nitrogens with one attached hydrogen (secondary N) is 1. The van der Waals surface area contributed by atoms with Crippen LogP contribution in [0.2, 0.25) is 10.0 Å². The minimum Gasteiger partial charge on any atom is -0.298 e. The summed E-state index contributed by atoms with van der Waals surface area (Å²) in [5.41, 5.74) is 1.76. The van der Waals surface area contributed by atoms with E-state index in [9.17, 15) is 9.18 Å². The number of halogens is 3. The molecule has 0 atom stereocenters. The lowest BCUT2D eigenvalue weighted by Crippen LogP contribution is -2.11. The number of hydrogen-bond acceptors (Lipinski definition) is 3.